The molecular weight excluding hydrogens is 1090 g/mol. The fraction of sp³-hybridized carbons (Fsp3) is 0.941. The number of hydrogen-bond donors (Lipinski definition) is 5. The van der Waals surface area contributed by atoms with Gasteiger partial charge in [-0.15, -0.1) is 0 Å². The second kappa shape index (κ2) is 80.8. The van der Waals surface area contributed by atoms with Crippen molar-refractivity contribution in [1.82, 2.24) is 25.9 Å². The Labute approximate surface area is 530 Å². The largest absolute Gasteiger partial charge is 0.444 e. The molecule has 0 spiro atoms. The maximum absolute atomic E-state index is 11.3. The van der Waals surface area contributed by atoms with Gasteiger partial charge in [0.25, 0.3) is 0 Å². The minimum Gasteiger partial charge on any atom is -0.444 e. The summed E-state index contributed by atoms with van der Waals surface area (Å²) in [6.07, 6.45) is 37.7. The molecule has 0 aromatic rings. The number of amides is 1. The van der Waals surface area contributed by atoms with Crippen molar-refractivity contribution >= 4 is 25.0 Å². The molecule has 0 aromatic carbocycles. The third kappa shape index (κ3) is 86.0. The fourth-order valence-electron chi connectivity index (χ4n) is 8.47. The number of nitrogens with two attached hydrogens (primary N) is 2. The van der Waals surface area contributed by atoms with Crippen molar-refractivity contribution in [3.8, 4) is 0 Å². The van der Waals surface area contributed by atoms with E-state index in [0.29, 0.717) is 65.3 Å². The number of methoxy groups -OCH3 is 2. The second-order valence-electron chi connectivity index (χ2n) is 23.2. The molecule has 0 heterocycles. The highest BCUT2D eigenvalue weighted by molar-refractivity contribution is 5.67. The molecule has 18 heteroatoms. The third-order valence-electron chi connectivity index (χ3n) is 13.5. The Balaban J connectivity index is -0.000000344. The number of carbonyl (C=O) groups excluding carboxylic acids is 4. The van der Waals surface area contributed by atoms with Gasteiger partial charge in [0.2, 0.25) is 0 Å². The Hall–Kier alpha value is -2.20. The van der Waals surface area contributed by atoms with Gasteiger partial charge in [-0.3, -0.25) is 5.84 Å². The van der Waals surface area contributed by atoms with E-state index in [4.69, 9.17) is 44.7 Å². The summed E-state index contributed by atoms with van der Waals surface area (Å²) >= 11 is 0. The van der Waals surface area contributed by atoms with Gasteiger partial charge >= 0.3 is 6.09 Å². The standard InChI is InChI=1S/C22H44N4O3.2C16H34O3.C12H27N3O2.C2H6/c23-22(21-26(24)16-13-19-29)20-25(14-9-5-1-3-7-11-17-27)15-10-6-2-4-8-12-18-28;2*1-4-6-8-10-12-18-14-16(17-3)15-19-13-11-9-7-5-2;1-12(2,3)17-11(16)15-10-6-9-14-8-5-7-13-4;1-2/h17-19,22H,1-16,20-21,23-24H2;2*16H,4-15H2,1-3H3;13-14H,5-10H2,1-4H3,(H,15,16);1-2H3. The van der Waals surface area contributed by atoms with E-state index >= 15 is 0 Å². The first kappa shape index (κ1) is 92.5. The number of alkyl carbamates (subject to hydrolysis) is 1. The highest BCUT2D eigenvalue weighted by Gasteiger charge is 2.16. The Morgan fingerprint density at radius 1 is 0.477 bits per heavy atom. The third-order valence-corrected chi connectivity index (χ3v) is 13.5. The Morgan fingerprint density at radius 2 is 0.837 bits per heavy atom. The molecule has 0 aliphatic heterocycles. The lowest BCUT2D eigenvalue weighted by molar-refractivity contribution is -0.108. The van der Waals surface area contributed by atoms with Crippen molar-refractivity contribution in [2.75, 3.05) is 133 Å². The summed E-state index contributed by atoms with van der Waals surface area (Å²) in [4.78, 5) is 44.9. The smallest absolute Gasteiger partial charge is 0.407 e. The molecule has 0 saturated heterocycles. The highest BCUT2D eigenvalue weighted by Crippen LogP contribution is 2.11. The molecule has 518 valence electrons. The number of hydrogen-bond acceptors (Lipinski definition) is 17. The van der Waals surface area contributed by atoms with Crippen LogP contribution in [0.2, 0.25) is 0 Å². The summed E-state index contributed by atoms with van der Waals surface area (Å²) in [6.45, 7) is 32.0. The fourth-order valence-corrected chi connectivity index (χ4v) is 8.47. The Morgan fingerprint density at radius 3 is 1.19 bits per heavy atom. The molecule has 0 radical (unpaired) electrons. The molecule has 0 rings (SSSR count). The minimum absolute atomic E-state index is 0.0353. The minimum atomic E-state index is -0.421. The quantitative estimate of drug-likeness (QED) is 0.0165. The molecule has 0 bridgehead atoms. The summed E-state index contributed by atoms with van der Waals surface area (Å²) in [5.41, 5.74) is 5.88. The zero-order chi connectivity index (χ0) is 65.1. The van der Waals surface area contributed by atoms with Gasteiger partial charge in [-0.25, -0.2) is 9.80 Å². The van der Waals surface area contributed by atoms with Crippen LogP contribution in [-0.4, -0.2) is 192 Å². The molecule has 86 heavy (non-hydrogen) atoms. The number of unbranched alkanes of at least 4 members (excludes halogenated alkanes) is 22. The van der Waals surface area contributed by atoms with Gasteiger partial charge < -0.3 is 74.1 Å². The van der Waals surface area contributed by atoms with E-state index in [1.807, 2.05) is 41.7 Å². The van der Waals surface area contributed by atoms with E-state index < -0.39 is 5.60 Å². The molecule has 1 atom stereocenters. The van der Waals surface area contributed by atoms with Crippen LogP contribution in [0.5, 0.6) is 0 Å². The van der Waals surface area contributed by atoms with Gasteiger partial charge in [-0.2, -0.15) is 0 Å². The van der Waals surface area contributed by atoms with Crippen molar-refractivity contribution in [1.29, 1.82) is 0 Å². The maximum atomic E-state index is 11.3. The lowest BCUT2D eigenvalue weighted by Crippen LogP contribution is -2.48. The first-order chi connectivity index (χ1) is 41.8. The van der Waals surface area contributed by atoms with Crippen LogP contribution in [0.1, 0.15) is 261 Å². The average Bonchev–Trinajstić information content (AvgIpc) is 3.54. The number of nitrogens with one attached hydrogen (secondary N) is 3. The number of rotatable bonds is 61. The van der Waals surface area contributed by atoms with E-state index in [0.717, 1.165) is 162 Å². The first-order valence-electron chi connectivity index (χ1n) is 34.8. The zero-order valence-electron chi connectivity index (χ0n) is 58.4. The van der Waals surface area contributed by atoms with Crippen molar-refractivity contribution in [3.63, 3.8) is 0 Å². The van der Waals surface area contributed by atoms with E-state index in [1.165, 1.54) is 103 Å². The SMILES string of the molecule is CC.CCCCCCOCC(COCCCCCC)OC.CCCCCCOCC(COCCCCCC)OC.CNCCCNCCCNC(=O)OC(C)(C)C.NC(CN(N)CCC=O)CN(CCCCCCCC=O)CCCCCCCC=O. The van der Waals surface area contributed by atoms with Gasteiger partial charge in [-0.05, 0) is 125 Å². The molecule has 18 nitrogen and oxygen atoms in total. The summed E-state index contributed by atoms with van der Waals surface area (Å²) < 4.78 is 38.3. The van der Waals surface area contributed by atoms with Gasteiger partial charge in [0.05, 0.1) is 26.4 Å². The normalized spacial score (nSPS) is 11.5. The van der Waals surface area contributed by atoms with Crippen LogP contribution in [0.15, 0.2) is 0 Å². The Bertz CT molecular complexity index is 1200. The van der Waals surface area contributed by atoms with Crippen molar-refractivity contribution < 1.29 is 52.3 Å². The summed E-state index contributed by atoms with van der Waals surface area (Å²) in [5, 5.41) is 10.8. The number of ether oxygens (including phenoxy) is 7. The van der Waals surface area contributed by atoms with Gasteiger partial charge in [0, 0.05) is 92.1 Å². The molecule has 0 aliphatic rings. The Kier molecular flexibility index (Phi) is 86.9. The van der Waals surface area contributed by atoms with Crippen molar-refractivity contribution in [2.45, 2.75) is 285 Å². The molecule has 0 fully saturated rings. The van der Waals surface area contributed by atoms with Gasteiger partial charge in [0.1, 0.15) is 36.7 Å². The van der Waals surface area contributed by atoms with Crippen LogP contribution in [-0.2, 0) is 47.5 Å². The highest BCUT2D eigenvalue weighted by atomic mass is 16.6. The predicted octanol–water partition coefficient (Wildman–Crippen LogP) is 13.0. The van der Waals surface area contributed by atoms with Crippen LogP contribution >= 0.6 is 0 Å². The molecule has 0 saturated carbocycles. The molecule has 0 aliphatic carbocycles. The number of nitrogens with zero attached hydrogens (tertiary/aromatic N) is 2. The predicted molar refractivity (Wildman–Crippen MR) is 361 cm³/mol. The maximum Gasteiger partial charge on any atom is 0.407 e. The van der Waals surface area contributed by atoms with E-state index in [1.54, 1.807) is 19.2 Å². The topological polar surface area (TPSA) is 228 Å². The molecule has 1 amide bonds. The van der Waals surface area contributed by atoms with Crippen LogP contribution in [0.4, 0.5) is 4.79 Å². The van der Waals surface area contributed by atoms with Crippen LogP contribution < -0.4 is 27.5 Å². The van der Waals surface area contributed by atoms with Crippen LogP contribution in [0.25, 0.3) is 0 Å². The first-order valence-corrected chi connectivity index (χ1v) is 34.8. The number of carbonyl (C=O) groups is 4. The summed E-state index contributed by atoms with van der Waals surface area (Å²) in [6, 6.07) is -0.0353. The van der Waals surface area contributed by atoms with Gasteiger partial charge in [-0.1, -0.05) is 157 Å². The van der Waals surface area contributed by atoms with Crippen LogP contribution in [0.3, 0.4) is 0 Å². The zero-order valence-corrected chi connectivity index (χ0v) is 58.4. The van der Waals surface area contributed by atoms with E-state index in [2.05, 4.69) is 48.5 Å². The number of hydrazine groups is 1. The monoisotopic (exact) mass is 1240 g/mol. The molecular formula is C68H145N7O11. The summed E-state index contributed by atoms with van der Waals surface area (Å²) in [7, 11) is 5.40. The van der Waals surface area contributed by atoms with E-state index in [9.17, 15) is 19.2 Å². The average molecular weight is 1240 g/mol. The lowest BCUT2D eigenvalue weighted by atomic mass is 10.1. The molecule has 7 N–H and O–H groups in total. The van der Waals surface area contributed by atoms with Crippen molar-refractivity contribution in [3.05, 3.63) is 0 Å². The van der Waals surface area contributed by atoms with Gasteiger partial charge in [0.15, 0.2) is 0 Å². The number of aldehydes is 3. The van der Waals surface area contributed by atoms with Crippen molar-refractivity contribution in [2.24, 2.45) is 11.6 Å². The second-order valence-corrected chi connectivity index (χ2v) is 23.2. The lowest BCUT2D eigenvalue weighted by Gasteiger charge is -2.28. The molecule has 0 aromatic heterocycles. The van der Waals surface area contributed by atoms with Crippen LogP contribution in [0, 0.1) is 0 Å². The summed E-state index contributed by atoms with van der Waals surface area (Å²) in [5.74, 6) is 5.92. The van der Waals surface area contributed by atoms with E-state index in [-0.39, 0.29) is 24.3 Å². The molecule has 1 unspecified atom stereocenters.